The fourth-order valence-electron chi connectivity index (χ4n) is 1.45. The molecule has 0 aliphatic carbocycles. The Kier molecular flexibility index (Phi) is 9.92. The van der Waals surface area contributed by atoms with Crippen molar-refractivity contribution in [3.05, 3.63) is 37.1 Å². The van der Waals surface area contributed by atoms with Crippen LogP contribution in [-0.2, 0) is 14.3 Å². The van der Waals surface area contributed by atoms with Gasteiger partial charge in [0.2, 0.25) is 0 Å². The van der Waals surface area contributed by atoms with Crippen LogP contribution in [0.25, 0.3) is 0 Å². The van der Waals surface area contributed by atoms with Gasteiger partial charge in [-0.15, -0.1) is 13.2 Å². The molecule has 0 aromatic carbocycles. The minimum absolute atomic E-state index is 0.0393. The first-order chi connectivity index (χ1) is 10.1. The molecule has 0 radical (unpaired) electrons. The number of hydrogen-bond acceptors (Lipinski definition) is 5. The highest BCUT2D eigenvalue weighted by atomic mass is 16.5. The average molecular weight is 291 g/mol. The minimum Gasteiger partial charge on any atom is -0.466 e. The number of ether oxygens (including phenoxy) is 1. The molecule has 1 amide bonds. The fourth-order valence-corrected chi connectivity index (χ4v) is 1.45. The van der Waals surface area contributed by atoms with Crippen molar-refractivity contribution in [2.24, 2.45) is 0 Å². The van der Waals surface area contributed by atoms with E-state index in [-0.39, 0.29) is 18.0 Å². The Bertz CT molecular complexity index is 440. The Balaban J connectivity index is 4.53. The zero-order valence-corrected chi connectivity index (χ0v) is 12.3. The monoisotopic (exact) mass is 291 g/mol. The van der Waals surface area contributed by atoms with Crippen molar-refractivity contribution in [1.29, 1.82) is 5.26 Å². The number of nitriles is 1. The third-order valence-corrected chi connectivity index (χ3v) is 2.36. The van der Waals surface area contributed by atoms with Crippen LogP contribution in [-0.4, -0.2) is 43.0 Å². The molecule has 114 valence electrons. The van der Waals surface area contributed by atoms with Crippen LogP contribution in [0.2, 0.25) is 0 Å². The van der Waals surface area contributed by atoms with Gasteiger partial charge in [0.25, 0.3) is 5.91 Å². The van der Waals surface area contributed by atoms with E-state index in [0.29, 0.717) is 26.2 Å². The summed E-state index contributed by atoms with van der Waals surface area (Å²) < 4.78 is 4.76. The molecule has 0 heterocycles. The molecule has 6 nitrogen and oxygen atoms in total. The molecular formula is C15H21N3O3. The average Bonchev–Trinajstić information content (AvgIpc) is 2.47. The molecule has 21 heavy (non-hydrogen) atoms. The topological polar surface area (TPSA) is 82.4 Å². The Morgan fingerprint density at radius 1 is 1.33 bits per heavy atom. The normalized spacial score (nSPS) is 10.2. The predicted octanol–water partition coefficient (Wildman–Crippen LogP) is 1.14. The van der Waals surface area contributed by atoms with Gasteiger partial charge in [0.1, 0.15) is 11.6 Å². The van der Waals surface area contributed by atoms with E-state index in [1.54, 1.807) is 19.1 Å². The zero-order chi connectivity index (χ0) is 16.1. The van der Waals surface area contributed by atoms with E-state index in [0.717, 1.165) is 0 Å². The minimum atomic E-state index is -0.416. The quantitative estimate of drug-likeness (QED) is 0.214. The van der Waals surface area contributed by atoms with E-state index in [4.69, 9.17) is 10.00 Å². The Hall–Kier alpha value is -2.55. The summed E-state index contributed by atoms with van der Waals surface area (Å²) in [6.45, 7) is 10.1. The number of carbonyl (C=O) groups excluding carboxylic acids is 2. The highest BCUT2D eigenvalue weighted by Gasteiger charge is 2.15. The molecule has 0 rings (SSSR count). The van der Waals surface area contributed by atoms with Crippen molar-refractivity contribution in [2.75, 3.05) is 26.2 Å². The number of hydrogen-bond donors (Lipinski definition) is 1. The van der Waals surface area contributed by atoms with Gasteiger partial charge in [0.05, 0.1) is 13.0 Å². The Morgan fingerprint density at radius 2 is 1.95 bits per heavy atom. The molecule has 0 saturated heterocycles. The number of nitrogens with one attached hydrogen (secondary N) is 1. The third-order valence-electron chi connectivity index (χ3n) is 2.36. The highest BCUT2D eigenvalue weighted by Crippen LogP contribution is 2.01. The van der Waals surface area contributed by atoms with Gasteiger partial charge in [0, 0.05) is 25.8 Å². The molecule has 0 aliphatic rings. The van der Waals surface area contributed by atoms with Gasteiger partial charge in [0.15, 0.2) is 0 Å². The lowest BCUT2D eigenvalue weighted by Crippen LogP contribution is -2.32. The summed E-state index contributed by atoms with van der Waals surface area (Å²) >= 11 is 0. The summed E-state index contributed by atoms with van der Waals surface area (Å²) in [4.78, 5) is 24.6. The van der Waals surface area contributed by atoms with E-state index < -0.39 is 5.91 Å². The summed E-state index contributed by atoms with van der Waals surface area (Å²) in [5.41, 5.74) is -0.0393. The summed E-state index contributed by atoms with van der Waals surface area (Å²) in [7, 11) is 0. The van der Waals surface area contributed by atoms with Crippen LogP contribution in [0.1, 0.15) is 13.3 Å². The molecule has 0 aliphatic heterocycles. The van der Waals surface area contributed by atoms with Crippen LogP contribution in [0, 0.1) is 11.3 Å². The lowest BCUT2D eigenvalue weighted by atomic mass is 10.2. The first-order valence-electron chi connectivity index (χ1n) is 6.61. The van der Waals surface area contributed by atoms with E-state index in [1.165, 1.54) is 11.1 Å². The number of carbonyl (C=O) groups is 2. The van der Waals surface area contributed by atoms with E-state index in [2.05, 4.69) is 18.5 Å². The lowest BCUT2D eigenvalue weighted by Gasteiger charge is -2.18. The molecule has 6 heteroatoms. The summed E-state index contributed by atoms with van der Waals surface area (Å²) in [5.74, 6) is -0.746. The maximum Gasteiger partial charge on any atom is 0.307 e. The SMILES string of the molecule is C=CCN(CC=C)C(=O)/C(C#N)=C\NCCC(=O)OCC. The molecule has 0 unspecified atom stereocenters. The van der Waals surface area contributed by atoms with E-state index in [9.17, 15) is 9.59 Å². The smallest absolute Gasteiger partial charge is 0.307 e. The molecule has 0 saturated carbocycles. The van der Waals surface area contributed by atoms with Gasteiger partial charge < -0.3 is 15.0 Å². The van der Waals surface area contributed by atoms with Crippen molar-refractivity contribution in [3.63, 3.8) is 0 Å². The first kappa shape index (κ1) is 18.4. The van der Waals surface area contributed by atoms with Crippen molar-refractivity contribution >= 4 is 11.9 Å². The molecule has 0 atom stereocenters. The van der Waals surface area contributed by atoms with E-state index >= 15 is 0 Å². The maximum absolute atomic E-state index is 12.1. The fraction of sp³-hybridized carbons (Fsp3) is 0.400. The van der Waals surface area contributed by atoms with Crippen LogP contribution < -0.4 is 5.32 Å². The number of rotatable bonds is 10. The second-order valence-electron chi connectivity index (χ2n) is 3.97. The molecule has 0 fully saturated rings. The van der Waals surface area contributed by atoms with Crippen LogP contribution >= 0.6 is 0 Å². The van der Waals surface area contributed by atoms with Gasteiger partial charge in [-0.1, -0.05) is 12.2 Å². The molecule has 0 spiro atoms. The predicted molar refractivity (Wildman–Crippen MR) is 79.9 cm³/mol. The maximum atomic E-state index is 12.1. The summed E-state index contributed by atoms with van der Waals surface area (Å²) in [5, 5.41) is 11.8. The number of amides is 1. The Labute approximate surface area is 125 Å². The first-order valence-corrected chi connectivity index (χ1v) is 6.61. The number of esters is 1. The molecular weight excluding hydrogens is 270 g/mol. The van der Waals surface area contributed by atoms with E-state index in [1.807, 2.05) is 6.07 Å². The summed E-state index contributed by atoms with van der Waals surface area (Å²) in [6.07, 6.45) is 4.62. The van der Waals surface area contributed by atoms with Crippen LogP contribution in [0.4, 0.5) is 0 Å². The number of nitrogens with zero attached hydrogens (tertiary/aromatic N) is 2. The van der Waals surface area contributed by atoms with Crippen molar-refractivity contribution in [3.8, 4) is 6.07 Å². The second-order valence-corrected chi connectivity index (χ2v) is 3.97. The van der Waals surface area contributed by atoms with Crippen LogP contribution in [0.15, 0.2) is 37.1 Å². The van der Waals surface area contributed by atoms with Crippen LogP contribution in [0.5, 0.6) is 0 Å². The van der Waals surface area contributed by atoms with Gasteiger partial charge >= 0.3 is 5.97 Å². The van der Waals surface area contributed by atoms with Gasteiger partial charge in [-0.3, -0.25) is 9.59 Å². The molecule has 0 aromatic heterocycles. The highest BCUT2D eigenvalue weighted by molar-refractivity contribution is 5.97. The second kappa shape index (κ2) is 11.3. The van der Waals surface area contributed by atoms with Gasteiger partial charge in [-0.2, -0.15) is 5.26 Å². The van der Waals surface area contributed by atoms with Gasteiger partial charge in [-0.05, 0) is 6.92 Å². The van der Waals surface area contributed by atoms with Crippen LogP contribution in [0.3, 0.4) is 0 Å². The van der Waals surface area contributed by atoms with Gasteiger partial charge in [-0.25, -0.2) is 0 Å². The molecule has 0 aromatic rings. The third kappa shape index (κ3) is 7.57. The standard InChI is InChI=1S/C15H21N3O3/c1-4-9-18(10-5-2)15(20)13(11-16)12-17-8-7-14(19)21-6-3/h4-5,12,17H,1-2,6-10H2,3H3/b13-12-. The summed E-state index contributed by atoms with van der Waals surface area (Å²) in [6, 6.07) is 1.84. The largest absolute Gasteiger partial charge is 0.466 e. The lowest BCUT2D eigenvalue weighted by molar-refractivity contribution is -0.142. The molecule has 1 N–H and O–H groups in total. The van der Waals surface area contributed by atoms with Crippen molar-refractivity contribution in [1.82, 2.24) is 10.2 Å². The van der Waals surface area contributed by atoms with Crippen molar-refractivity contribution < 1.29 is 14.3 Å². The Morgan fingerprint density at radius 3 is 2.43 bits per heavy atom. The molecule has 0 bridgehead atoms. The zero-order valence-electron chi connectivity index (χ0n) is 12.3. The van der Waals surface area contributed by atoms with Crippen molar-refractivity contribution in [2.45, 2.75) is 13.3 Å².